The molecule has 5 amide bonds. The zero-order chi connectivity index (χ0) is 48.3. The van der Waals surface area contributed by atoms with E-state index in [0.29, 0.717) is 38.4 Å². The Morgan fingerprint density at radius 2 is 1.22 bits per heavy atom. The predicted octanol–water partition coefficient (Wildman–Crippen LogP) is 6.63. The van der Waals surface area contributed by atoms with Crippen LogP contribution in [0, 0.1) is 21.4 Å². The lowest BCUT2D eigenvalue weighted by Crippen LogP contribution is -2.42. The molecule has 0 bridgehead atoms. The van der Waals surface area contributed by atoms with Crippen molar-refractivity contribution >= 4 is 189 Å². The summed E-state index contributed by atoms with van der Waals surface area (Å²) in [5.74, 6) is -4.86. The number of nitrogens with zero attached hydrogens (tertiary/aromatic N) is 3. The Morgan fingerprint density at radius 3 is 1.66 bits per heavy atom. The van der Waals surface area contributed by atoms with Crippen molar-refractivity contribution in [1.82, 2.24) is 15.1 Å². The lowest BCUT2D eigenvalue weighted by atomic mass is 10.0. The molecule has 0 aromatic heterocycles. The fourth-order valence-corrected chi connectivity index (χ4v) is 15.2. The van der Waals surface area contributed by atoms with Gasteiger partial charge in [-0.05, 0) is 169 Å². The predicted molar refractivity (Wildman–Crippen MR) is 281 cm³/mol. The van der Waals surface area contributed by atoms with Crippen LogP contribution in [0.4, 0.5) is 16.2 Å². The fourth-order valence-electron chi connectivity index (χ4n) is 6.10. The molecule has 0 radical (unpaired) electrons. The highest BCUT2D eigenvalue weighted by Gasteiger charge is 2.41. The minimum Gasteiger partial charge on any atom is -0.432 e. The van der Waals surface area contributed by atoms with Crippen molar-refractivity contribution in [1.29, 1.82) is 0 Å². The van der Waals surface area contributed by atoms with Gasteiger partial charge in [0.25, 0.3) is 11.8 Å². The van der Waals surface area contributed by atoms with Crippen LogP contribution >= 0.6 is 136 Å². The third-order valence-corrected chi connectivity index (χ3v) is 16.1. The topological polar surface area (TPSA) is 218 Å². The zero-order valence-corrected chi connectivity index (χ0v) is 49.0. The van der Waals surface area contributed by atoms with E-state index in [4.69, 9.17) is 33.2 Å². The number of halogens is 6. The van der Waals surface area contributed by atoms with Gasteiger partial charge in [0.05, 0.1) is 65.0 Å². The molecule has 25 heteroatoms. The summed E-state index contributed by atoms with van der Waals surface area (Å²) in [4.78, 5) is 96.5. The molecule has 4 rings (SSSR count). The van der Waals surface area contributed by atoms with E-state index in [0.717, 1.165) is 0 Å². The molecule has 19 nitrogen and oxygen atoms in total. The van der Waals surface area contributed by atoms with Gasteiger partial charge in [-0.25, -0.2) is 9.59 Å². The second-order valence-corrected chi connectivity index (χ2v) is 21.6. The number of carbonyl (C=O) groups is 7. The van der Waals surface area contributed by atoms with Crippen molar-refractivity contribution in [3.63, 3.8) is 0 Å². The van der Waals surface area contributed by atoms with Crippen molar-refractivity contribution in [3.8, 4) is 0 Å². The molecule has 0 saturated carbocycles. The number of anilines is 2. The summed E-state index contributed by atoms with van der Waals surface area (Å²) in [7, 11) is 4.68. The minimum absolute atomic E-state index is 0.0346. The van der Waals surface area contributed by atoms with Crippen LogP contribution in [0.3, 0.4) is 0 Å². The van der Waals surface area contributed by atoms with E-state index in [1.165, 1.54) is 42.5 Å². The molecule has 3 atom stereocenters. The molecule has 2 N–H and O–H groups in total. The van der Waals surface area contributed by atoms with Crippen LogP contribution < -0.4 is 15.5 Å². The Morgan fingerprint density at radius 1 is 0.719 bits per heavy atom. The number of carbonyl (C=O) groups excluding carboxylic acids is 7. The van der Waals surface area contributed by atoms with E-state index >= 15 is 0 Å². The van der Waals surface area contributed by atoms with Crippen LogP contribution in [-0.4, -0.2) is 129 Å². The van der Waals surface area contributed by atoms with Crippen LogP contribution in [0.25, 0.3) is 0 Å². The maximum Gasteiger partial charge on any atom is 0.511 e. The average molecular weight is 1570 g/mol. The highest BCUT2D eigenvalue weighted by molar-refractivity contribution is 14.1. The highest BCUT2D eigenvalue weighted by Crippen LogP contribution is 2.41. The number of likely N-dealkylation sites (N-methyl/N-ethyl adjacent to an activating group) is 2. The second kappa shape index (κ2) is 22.9. The van der Waals surface area contributed by atoms with Crippen LogP contribution in [0.2, 0.25) is 0 Å². The van der Waals surface area contributed by atoms with Crippen molar-refractivity contribution in [3.05, 3.63) is 43.7 Å². The van der Waals surface area contributed by atoms with Crippen LogP contribution in [0.1, 0.15) is 85.1 Å². The molecule has 64 heavy (non-hydrogen) atoms. The Balaban J connectivity index is 1.46. The third-order valence-electron chi connectivity index (χ3n) is 9.45. The largest absolute Gasteiger partial charge is 0.511 e. The number of nitrogens with one attached hydrogen (secondary N) is 2. The molecule has 0 aliphatic carbocycles. The first-order valence-corrected chi connectivity index (χ1v) is 25.5. The number of amides is 5. The summed E-state index contributed by atoms with van der Waals surface area (Å²) in [6.45, 7) is 10.7. The number of hydrogen-bond acceptors (Lipinski definition) is 14. The van der Waals surface area contributed by atoms with Gasteiger partial charge in [0.15, 0.2) is 24.0 Å². The van der Waals surface area contributed by atoms with Gasteiger partial charge in [-0.1, -0.05) is 0 Å². The van der Waals surface area contributed by atoms with Gasteiger partial charge >= 0.3 is 12.1 Å². The van der Waals surface area contributed by atoms with E-state index in [1.807, 2.05) is 136 Å². The van der Waals surface area contributed by atoms with E-state index in [2.05, 4.69) is 10.6 Å². The molecule has 0 spiro atoms. The van der Waals surface area contributed by atoms with Gasteiger partial charge in [0.2, 0.25) is 24.0 Å². The molecule has 2 aliphatic rings. The van der Waals surface area contributed by atoms with Crippen LogP contribution in [0.15, 0.2) is 0 Å². The first-order valence-electron chi connectivity index (χ1n) is 19.0. The molecular formula is C39H45I6N5O14. The first kappa shape index (κ1) is 55.3. The molecule has 3 unspecified atom stereocenters. The Labute approximate surface area is 451 Å². The third kappa shape index (κ3) is 13.3. The fraction of sp³-hybridized carbons (Fsp3) is 0.513. The van der Waals surface area contributed by atoms with Crippen LogP contribution in [-0.2, 0) is 54.0 Å². The molecule has 352 valence electrons. The lowest BCUT2D eigenvalue weighted by molar-refractivity contribution is -0.153. The number of ether oxygens (including phenoxy) is 7. The van der Waals surface area contributed by atoms with Crippen LogP contribution in [0.5, 0.6) is 0 Å². The summed E-state index contributed by atoms with van der Waals surface area (Å²) in [5, 5.41) is 5.38. The molecule has 2 aromatic carbocycles. The SMILES string of the molecule is CC(=O)Nc1c(I)c(C(=O)OC(C)OC(=O)OCCNC(=O)Cc2c(I)c(C(=O)N(C)C3COC(C)(C)O3)c(I)c(C(=O)N(C)C3COC(C)(C)O3)c2I)c(I)c(N(C)C(C)=O)c1I. The quantitative estimate of drug-likeness (QED) is 0.0879. The standard InChI is InChI=1S/C39H45I6N5O14/c1-16(51)47-32-29(43)25(30(44)33(31(32)45)48(8)17(2)52)36(56)61-18(3)62-37(57)58-12-11-46-20(53)13-19-26(40)23(34(54)49(9)21-14-59-38(4,5)63-21)28(42)24(27(19)41)35(55)50(10)22-15-60-39(6,7)64-22/h18,21-22H,11-15H2,1-10H3,(H,46,53)(H,47,51). The van der Waals surface area contributed by atoms with E-state index < -0.39 is 66.1 Å². The maximum absolute atomic E-state index is 14.2. The summed E-state index contributed by atoms with van der Waals surface area (Å²) in [6, 6.07) is 0. The van der Waals surface area contributed by atoms with Gasteiger partial charge in [0, 0.05) is 52.6 Å². The first-order chi connectivity index (χ1) is 29.6. The Bertz CT molecular complexity index is 2170. The maximum atomic E-state index is 14.2. The molecule has 2 fully saturated rings. The number of rotatable bonds is 14. The number of hydrogen-bond donors (Lipinski definition) is 2. The van der Waals surface area contributed by atoms with Crippen molar-refractivity contribution in [2.24, 2.45) is 0 Å². The van der Waals surface area contributed by atoms with Gasteiger partial charge in [-0.15, -0.1) is 0 Å². The van der Waals surface area contributed by atoms with Crippen molar-refractivity contribution in [2.45, 2.75) is 85.2 Å². The van der Waals surface area contributed by atoms with Gasteiger partial charge < -0.3 is 58.5 Å². The van der Waals surface area contributed by atoms with E-state index in [9.17, 15) is 33.6 Å². The Hall–Kier alpha value is -1.25. The van der Waals surface area contributed by atoms with Gasteiger partial charge in [-0.2, -0.15) is 0 Å². The summed E-state index contributed by atoms with van der Waals surface area (Å²) in [6.07, 6.45) is -4.31. The average Bonchev–Trinajstić information content (AvgIpc) is 3.75. The number of esters is 1. The summed E-state index contributed by atoms with van der Waals surface area (Å²) >= 11 is 11.8. The summed E-state index contributed by atoms with van der Waals surface area (Å²) in [5.41, 5.74) is 1.52. The lowest BCUT2D eigenvalue weighted by Gasteiger charge is -2.29. The zero-order valence-electron chi connectivity index (χ0n) is 36.1. The Kier molecular flexibility index (Phi) is 19.8. The molecule has 2 aromatic rings. The van der Waals surface area contributed by atoms with E-state index in [-0.39, 0.29) is 55.4 Å². The van der Waals surface area contributed by atoms with E-state index in [1.54, 1.807) is 41.8 Å². The molecule has 2 aliphatic heterocycles. The molecule has 2 saturated heterocycles. The van der Waals surface area contributed by atoms with Gasteiger partial charge in [-0.3, -0.25) is 24.0 Å². The monoisotopic (exact) mass is 1570 g/mol. The van der Waals surface area contributed by atoms with Crippen molar-refractivity contribution < 1.29 is 66.7 Å². The van der Waals surface area contributed by atoms with Crippen molar-refractivity contribution in [2.75, 3.05) is 57.7 Å². The molecular weight excluding hydrogens is 1520 g/mol. The minimum atomic E-state index is -1.44. The normalized spacial score (nSPS) is 17.8. The van der Waals surface area contributed by atoms with Gasteiger partial charge in [0.1, 0.15) is 6.61 Å². The molecule has 2 heterocycles. The summed E-state index contributed by atoms with van der Waals surface area (Å²) < 4.78 is 41.5. The smallest absolute Gasteiger partial charge is 0.432 e. The highest BCUT2D eigenvalue weighted by atomic mass is 127. The second-order valence-electron chi connectivity index (χ2n) is 15.1. The number of benzene rings is 2.